The molecule has 0 atom stereocenters. The van der Waals surface area contributed by atoms with Gasteiger partial charge in [0.1, 0.15) is 0 Å². The summed E-state index contributed by atoms with van der Waals surface area (Å²) in [6.07, 6.45) is 1.05. The van der Waals surface area contributed by atoms with Gasteiger partial charge in [-0.15, -0.1) is 0 Å². The summed E-state index contributed by atoms with van der Waals surface area (Å²) in [7, 11) is 3.74. The zero-order chi connectivity index (χ0) is 12.8. The van der Waals surface area contributed by atoms with Crippen LogP contribution in [0.4, 0.5) is 11.4 Å². The Bertz CT molecular complexity index is 361. The third kappa shape index (κ3) is 4.07. The second-order valence-electron chi connectivity index (χ2n) is 4.28. The SMILES string of the molecule is CCCN(C)CC(=O)N(C)c1ccc(N)cc1. The highest BCUT2D eigenvalue weighted by molar-refractivity contribution is 5.94. The minimum absolute atomic E-state index is 0.0886. The highest BCUT2D eigenvalue weighted by Gasteiger charge is 2.12. The molecule has 0 fully saturated rings. The second-order valence-corrected chi connectivity index (χ2v) is 4.28. The number of hydrogen-bond donors (Lipinski definition) is 1. The number of benzene rings is 1. The summed E-state index contributed by atoms with van der Waals surface area (Å²) in [6.45, 7) is 3.47. The molecule has 0 saturated heterocycles. The number of nitrogens with two attached hydrogens (primary N) is 1. The van der Waals surface area contributed by atoms with Crippen molar-refractivity contribution in [3.8, 4) is 0 Å². The molecule has 17 heavy (non-hydrogen) atoms. The van der Waals surface area contributed by atoms with Gasteiger partial charge in [-0.25, -0.2) is 0 Å². The topological polar surface area (TPSA) is 49.6 Å². The molecule has 94 valence electrons. The van der Waals surface area contributed by atoms with Crippen LogP contribution in [0.1, 0.15) is 13.3 Å². The molecule has 0 aliphatic heterocycles. The van der Waals surface area contributed by atoms with Crippen molar-refractivity contribution in [3.05, 3.63) is 24.3 Å². The van der Waals surface area contributed by atoms with Crippen LogP contribution in [-0.4, -0.2) is 38.0 Å². The van der Waals surface area contributed by atoms with Crippen LogP contribution in [0.25, 0.3) is 0 Å². The standard InChI is InChI=1S/C13H21N3O/c1-4-9-15(2)10-13(17)16(3)12-7-5-11(14)6-8-12/h5-8H,4,9-10,14H2,1-3H3. The predicted molar refractivity (Wildman–Crippen MR) is 72.1 cm³/mol. The monoisotopic (exact) mass is 235 g/mol. The van der Waals surface area contributed by atoms with E-state index >= 15 is 0 Å². The van der Waals surface area contributed by atoms with Crippen LogP contribution >= 0.6 is 0 Å². The molecule has 0 aromatic heterocycles. The molecular weight excluding hydrogens is 214 g/mol. The summed E-state index contributed by atoms with van der Waals surface area (Å²) in [6, 6.07) is 7.31. The molecule has 1 rings (SSSR count). The van der Waals surface area contributed by atoms with Crippen LogP contribution in [0.3, 0.4) is 0 Å². The first kappa shape index (κ1) is 13.5. The molecule has 0 unspecified atom stereocenters. The molecule has 0 spiro atoms. The zero-order valence-corrected chi connectivity index (χ0v) is 10.8. The molecule has 4 nitrogen and oxygen atoms in total. The predicted octanol–water partition coefficient (Wildman–Crippen LogP) is 1.57. The Kier molecular flexibility index (Phi) is 4.97. The van der Waals surface area contributed by atoms with E-state index in [1.165, 1.54) is 0 Å². The van der Waals surface area contributed by atoms with Crippen molar-refractivity contribution < 1.29 is 4.79 Å². The van der Waals surface area contributed by atoms with E-state index in [1.54, 1.807) is 24.1 Å². The van der Waals surface area contributed by atoms with Crippen molar-refractivity contribution in [2.75, 3.05) is 37.8 Å². The van der Waals surface area contributed by atoms with Gasteiger partial charge in [-0.3, -0.25) is 9.69 Å². The Morgan fingerprint density at radius 3 is 2.35 bits per heavy atom. The van der Waals surface area contributed by atoms with Gasteiger partial charge in [-0.05, 0) is 44.3 Å². The molecule has 1 aromatic carbocycles. The van der Waals surface area contributed by atoms with Gasteiger partial charge >= 0.3 is 0 Å². The largest absolute Gasteiger partial charge is 0.399 e. The van der Waals surface area contributed by atoms with Crippen LogP contribution in [0.2, 0.25) is 0 Å². The highest BCUT2D eigenvalue weighted by atomic mass is 16.2. The third-order valence-electron chi connectivity index (χ3n) is 2.66. The van der Waals surface area contributed by atoms with Crippen molar-refractivity contribution in [1.29, 1.82) is 0 Å². The molecule has 1 amide bonds. The third-order valence-corrected chi connectivity index (χ3v) is 2.66. The maximum atomic E-state index is 12.0. The van der Waals surface area contributed by atoms with Gasteiger partial charge in [-0.2, -0.15) is 0 Å². The minimum Gasteiger partial charge on any atom is -0.399 e. The first-order valence-electron chi connectivity index (χ1n) is 5.85. The lowest BCUT2D eigenvalue weighted by Gasteiger charge is -2.21. The van der Waals surface area contributed by atoms with E-state index in [9.17, 15) is 4.79 Å². The quantitative estimate of drug-likeness (QED) is 0.788. The van der Waals surface area contributed by atoms with E-state index in [0.717, 1.165) is 18.7 Å². The van der Waals surface area contributed by atoms with E-state index in [-0.39, 0.29) is 5.91 Å². The van der Waals surface area contributed by atoms with Gasteiger partial charge in [0.25, 0.3) is 0 Å². The van der Waals surface area contributed by atoms with Crippen LogP contribution in [-0.2, 0) is 4.79 Å². The summed E-state index contributed by atoms with van der Waals surface area (Å²) in [5.41, 5.74) is 7.19. The average Bonchev–Trinajstić information content (AvgIpc) is 2.29. The summed E-state index contributed by atoms with van der Waals surface area (Å²) < 4.78 is 0. The Morgan fingerprint density at radius 2 is 1.82 bits per heavy atom. The van der Waals surface area contributed by atoms with Crippen LogP contribution in [0.5, 0.6) is 0 Å². The van der Waals surface area contributed by atoms with Gasteiger partial charge < -0.3 is 10.6 Å². The molecular formula is C13H21N3O. The van der Waals surface area contributed by atoms with E-state index in [1.807, 2.05) is 24.1 Å². The molecule has 0 heterocycles. The lowest BCUT2D eigenvalue weighted by molar-refractivity contribution is -0.119. The van der Waals surface area contributed by atoms with Crippen LogP contribution in [0, 0.1) is 0 Å². The van der Waals surface area contributed by atoms with Crippen molar-refractivity contribution >= 4 is 17.3 Å². The lowest BCUT2D eigenvalue weighted by atomic mass is 10.2. The smallest absolute Gasteiger partial charge is 0.240 e. The number of carbonyl (C=O) groups excluding carboxylic acids is 1. The van der Waals surface area contributed by atoms with E-state index < -0.39 is 0 Å². The van der Waals surface area contributed by atoms with Crippen LogP contribution in [0.15, 0.2) is 24.3 Å². The van der Waals surface area contributed by atoms with Crippen molar-refractivity contribution in [2.45, 2.75) is 13.3 Å². The fraction of sp³-hybridized carbons (Fsp3) is 0.462. The molecule has 2 N–H and O–H groups in total. The zero-order valence-electron chi connectivity index (χ0n) is 10.8. The Balaban J connectivity index is 2.60. The summed E-state index contributed by atoms with van der Waals surface area (Å²) >= 11 is 0. The van der Waals surface area contributed by atoms with Crippen LogP contribution < -0.4 is 10.6 Å². The first-order valence-corrected chi connectivity index (χ1v) is 5.85. The number of anilines is 2. The number of rotatable bonds is 5. The molecule has 4 heteroatoms. The number of amides is 1. The summed E-state index contributed by atoms with van der Waals surface area (Å²) in [5.74, 6) is 0.0886. The number of carbonyl (C=O) groups is 1. The maximum absolute atomic E-state index is 12.0. The number of nitrogens with zero attached hydrogens (tertiary/aromatic N) is 2. The first-order chi connectivity index (χ1) is 8.04. The average molecular weight is 235 g/mol. The van der Waals surface area contributed by atoms with E-state index in [4.69, 9.17) is 5.73 Å². The van der Waals surface area contributed by atoms with Gasteiger partial charge in [-0.1, -0.05) is 6.92 Å². The molecule has 0 aliphatic rings. The van der Waals surface area contributed by atoms with Gasteiger partial charge in [0.15, 0.2) is 0 Å². The Morgan fingerprint density at radius 1 is 1.24 bits per heavy atom. The molecule has 0 aliphatic carbocycles. The second kappa shape index (κ2) is 6.25. The summed E-state index contributed by atoms with van der Waals surface area (Å²) in [5, 5.41) is 0. The Labute approximate surface area is 103 Å². The van der Waals surface area contributed by atoms with Crippen molar-refractivity contribution in [1.82, 2.24) is 4.90 Å². The van der Waals surface area contributed by atoms with Gasteiger partial charge in [0.2, 0.25) is 5.91 Å². The molecule has 0 bridgehead atoms. The van der Waals surface area contributed by atoms with E-state index in [2.05, 4.69) is 6.92 Å². The number of likely N-dealkylation sites (N-methyl/N-ethyl adjacent to an activating group) is 2. The van der Waals surface area contributed by atoms with Gasteiger partial charge in [0.05, 0.1) is 6.54 Å². The van der Waals surface area contributed by atoms with Gasteiger partial charge in [0, 0.05) is 18.4 Å². The van der Waals surface area contributed by atoms with Crippen molar-refractivity contribution in [3.63, 3.8) is 0 Å². The van der Waals surface area contributed by atoms with Crippen molar-refractivity contribution in [2.24, 2.45) is 0 Å². The maximum Gasteiger partial charge on any atom is 0.240 e. The molecule has 0 radical (unpaired) electrons. The Hall–Kier alpha value is -1.55. The fourth-order valence-corrected chi connectivity index (χ4v) is 1.64. The lowest BCUT2D eigenvalue weighted by Crippen LogP contribution is -2.36. The number of hydrogen-bond acceptors (Lipinski definition) is 3. The number of nitrogen functional groups attached to an aromatic ring is 1. The molecule has 0 saturated carbocycles. The minimum atomic E-state index is 0.0886. The molecule has 1 aromatic rings. The van der Waals surface area contributed by atoms with E-state index in [0.29, 0.717) is 12.2 Å². The normalized spacial score (nSPS) is 10.6. The fourth-order valence-electron chi connectivity index (χ4n) is 1.64. The summed E-state index contributed by atoms with van der Waals surface area (Å²) in [4.78, 5) is 15.6. The highest BCUT2D eigenvalue weighted by Crippen LogP contribution is 2.14.